The topological polar surface area (TPSA) is 57.7 Å². The Balaban J connectivity index is 2.21. The molecule has 1 heterocycles. The lowest BCUT2D eigenvalue weighted by Gasteiger charge is -2.36. The molecule has 0 spiro atoms. The van der Waals surface area contributed by atoms with Gasteiger partial charge in [0.2, 0.25) is 11.8 Å². The molecule has 2 atom stereocenters. The standard InChI is InChI=1S/C27H40N2O3/c1-8-28(9-2)26(32)24-11-10-16-29(24)25(31)23(27(5,6)7)18-22(30)17-20(4)21-14-12-19(3)13-15-21/h12-15,17,23-24H,8-11,16,18H2,1-7H3/b20-17+/t23-,24+/m1/s1. The molecule has 1 fully saturated rings. The average Bonchev–Trinajstić information content (AvgIpc) is 3.22. The maximum Gasteiger partial charge on any atom is 0.245 e. The molecule has 32 heavy (non-hydrogen) atoms. The fourth-order valence-electron chi connectivity index (χ4n) is 4.40. The fraction of sp³-hybridized carbons (Fsp3) is 0.593. The van der Waals surface area contributed by atoms with Crippen LogP contribution in [0, 0.1) is 18.3 Å². The van der Waals surface area contributed by atoms with Gasteiger partial charge in [0, 0.05) is 26.1 Å². The molecule has 0 N–H and O–H groups in total. The predicted molar refractivity (Wildman–Crippen MR) is 130 cm³/mol. The molecule has 5 nitrogen and oxygen atoms in total. The lowest BCUT2D eigenvalue weighted by molar-refractivity contribution is -0.148. The van der Waals surface area contributed by atoms with Gasteiger partial charge in [-0.3, -0.25) is 14.4 Å². The highest BCUT2D eigenvalue weighted by Crippen LogP contribution is 2.34. The molecular weight excluding hydrogens is 400 g/mol. The molecular formula is C27H40N2O3. The Hall–Kier alpha value is -2.43. The molecule has 0 radical (unpaired) electrons. The number of ketones is 1. The third-order valence-corrected chi connectivity index (χ3v) is 6.53. The molecule has 1 aromatic rings. The van der Waals surface area contributed by atoms with E-state index in [4.69, 9.17) is 0 Å². The number of hydrogen-bond acceptors (Lipinski definition) is 3. The van der Waals surface area contributed by atoms with Gasteiger partial charge in [-0.15, -0.1) is 0 Å². The van der Waals surface area contributed by atoms with Crippen LogP contribution >= 0.6 is 0 Å². The summed E-state index contributed by atoms with van der Waals surface area (Å²) in [7, 11) is 0. The minimum Gasteiger partial charge on any atom is -0.341 e. The van der Waals surface area contributed by atoms with E-state index in [9.17, 15) is 14.4 Å². The van der Waals surface area contributed by atoms with Gasteiger partial charge in [0.15, 0.2) is 5.78 Å². The molecule has 0 aliphatic carbocycles. The Morgan fingerprint density at radius 3 is 2.25 bits per heavy atom. The van der Waals surface area contributed by atoms with Crippen LogP contribution in [0.2, 0.25) is 0 Å². The van der Waals surface area contributed by atoms with Crippen molar-refractivity contribution < 1.29 is 14.4 Å². The highest BCUT2D eigenvalue weighted by atomic mass is 16.2. The number of aryl methyl sites for hydroxylation is 1. The van der Waals surface area contributed by atoms with Crippen molar-refractivity contribution in [3.8, 4) is 0 Å². The number of carbonyl (C=O) groups excluding carboxylic acids is 3. The zero-order chi connectivity index (χ0) is 24.1. The summed E-state index contributed by atoms with van der Waals surface area (Å²) in [6, 6.07) is 7.66. The van der Waals surface area contributed by atoms with Gasteiger partial charge >= 0.3 is 0 Å². The van der Waals surface area contributed by atoms with Crippen molar-refractivity contribution in [2.45, 2.75) is 73.8 Å². The zero-order valence-electron chi connectivity index (χ0n) is 20.9. The molecule has 0 unspecified atom stereocenters. The van der Waals surface area contributed by atoms with Crippen molar-refractivity contribution in [3.63, 3.8) is 0 Å². The highest BCUT2D eigenvalue weighted by Gasteiger charge is 2.42. The van der Waals surface area contributed by atoms with Gasteiger partial charge in [0.25, 0.3) is 0 Å². The first-order chi connectivity index (χ1) is 15.0. The first-order valence-corrected chi connectivity index (χ1v) is 11.9. The molecule has 0 aromatic heterocycles. The molecule has 2 amide bonds. The highest BCUT2D eigenvalue weighted by molar-refractivity contribution is 5.99. The number of hydrogen-bond donors (Lipinski definition) is 0. The van der Waals surface area contributed by atoms with Crippen LogP contribution in [-0.2, 0) is 14.4 Å². The molecule has 1 aliphatic heterocycles. The van der Waals surface area contributed by atoms with Gasteiger partial charge in [-0.05, 0) is 63.2 Å². The summed E-state index contributed by atoms with van der Waals surface area (Å²) in [5.41, 5.74) is 2.69. The van der Waals surface area contributed by atoms with E-state index in [2.05, 4.69) is 0 Å². The first-order valence-electron chi connectivity index (χ1n) is 11.9. The van der Waals surface area contributed by atoms with Gasteiger partial charge in [-0.1, -0.05) is 50.6 Å². The van der Waals surface area contributed by atoms with E-state index in [0.29, 0.717) is 26.1 Å². The van der Waals surface area contributed by atoms with Crippen LogP contribution in [0.3, 0.4) is 0 Å². The maximum absolute atomic E-state index is 13.6. The SMILES string of the molecule is CCN(CC)C(=O)[C@@H]1CCCN1C(=O)[C@@H](CC(=O)/C=C(\C)c1ccc(C)cc1)C(C)(C)C. The van der Waals surface area contributed by atoms with Crippen LogP contribution in [0.5, 0.6) is 0 Å². The molecule has 1 aliphatic rings. The lowest BCUT2D eigenvalue weighted by atomic mass is 9.76. The third kappa shape index (κ3) is 6.30. The van der Waals surface area contributed by atoms with E-state index in [-0.39, 0.29) is 29.4 Å². The molecule has 176 valence electrons. The number of allylic oxidation sites excluding steroid dienone is 2. The van der Waals surface area contributed by atoms with Crippen LogP contribution in [0.1, 0.15) is 71.9 Å². The van der Waals surface area contributed by atoms with Crippen LogP contribution in [0.4, 0.5) is 0 Å². The number of benzene rings is 1. The second-order valence-electron chi connectivity index (χ2n) is 9.98. The summed E-state index contributed by atoms with van der Waals surface area (Å²) in [4.78, 5) is 43.1. The third-order valence-electron chi connectivity index (χ3n) is 6.53. The average molecular weight is 441 g/mol. The summed E-state index contributed by atoms with van der Waals surface area (Å²) in [5.74, 6) is -0.575. The summed E-state index contributed by atoms with van der Waals surface area (Å²) >= 11 is 0. The van der Waals surface area contributed by atoms with Crippen molar-refractivity contribution in [3.05, 3.63) is 41.5 Å². The van der Waals surface area contributed by atoms with E-state index in [1.165, 1.54) is 5.56 Å². The van der Waals surface area contributed by atoms with Crippen LogP contribution in [0.15, 0.2) is 30.3 Å². The largest absolute Gasteiger partial charge is 0.341 e. The van der Waals surface area contributed by atoms with Gasteiger partial charge < -0.3 is 9.80 Å². The summed E-state index contributed by atoms with van der Waals surface area (Å²) < 4.78 is 0. The Morgan fingerprint density at radius 2 is 1.72 bits per heavy atom. The van der Waals surface area contributed by atoms with E-state index in [1.54, 1.807) is 15.9 Å². The van der Waals surface area contributed by atoms with Crippen molar-refractivity contribution in [2.75, 3.05) is 19.6 Å². The molecule has 2 rings (SSSR count). The Kier molecular flexibility index (Phi) is 8.82. The Morgan fingerprint density at radius 1 is 1.12 bits per heavy atom. The van der Waals surface area contributed by atoms with Crippen molar-refractivity contribution >= 4 is 23.2 Å². The van der Waals surface area contributed by atoms with Crippen molar-refractivity contribution in [1.29, 1.82) is 0 Å². The number of carbonyl (C=O) groups is 3. The van der Waals surface area contributed by atoms with Gasteiger partial charge in [-0.25, -0.2) is 0 Å². The zero-order valence-corrected chi connectivity index (χ0v) is 20.9. The maximum atomic E-state index is 13.6. The Labute approximate surface area is 193 Å². The second-order valence-corrected chi connectivity index (χ2v) is 9.98. The quantitative estimate of drug-likeness (QED) is 0.542. The van der Waals surface area contributed by atoms with Crippen LogP contribution in [-0.4, -0.2) is 53.1 Å². The fourth-order valence-corrected chi connectivity index (χ4v) is 4.40. The minimum absolute atomic E-state index is 0.0231. The van der Waals surface area contributed by atoms with Gasteiger partial charge in [0.1, 0.15) is 6.04 Å². The molecule has 5 heteroatoms. The molecule has 0 saturated carbocycles. The normalized spacial score (nSPS) is 17.9. The van der Waals surface area contributed by atoms with E-state index < -0.39 is 12.0 Å². The summed E-state index contributed by atoms with van der Waals surface area (Å²) in [5, 5.41) is 0. The number of likely N-dealkylation sites (N-methyl/N-ethyl adjacent to an activating group) is 1. The summed E-state index contributed by atoms with van der Waals surface area (Å²) in [6.45, 7) is 15.7. The molecule has 1 saturated heterocycles. The van der Waals surface area contributed by atoms with Crippen LogP contribution < -0.4 is 0 Å². The number of amides is 2. The van der Waals surface area contributed by atoms with Gasteiger partial charge in [-0.2, -0.15) is 0 Å². The van der Waals surface area contributed by atoms with E-state index >= 15 is 0 Å². The Bertz CT molecular complexity index is 845. The number of rotatable bonds is 8. The second kappa shape index (κ2) is 10.9. The molecule has 1 aromatic carbocycles. The number of likely N-dealkylation sites (tertiary alicyclic amines) is 1. The van der Waals surface area contributed by atoms with Crippen molar-refractivity contribution in [2.24, 2.45) is 11.3 Å². The number of nitrogens with zero attached hydrogens (tertiary/aromatic N) is 2. The monoisotopic (exact) mass is 440 g/mol. The van der Waals surface area contributed by atoms with Gasteiger partial charge in [0.05, 0.1) is 5.92 Å². The minimum atomic E-state index is -0.470. The van der Waals surface area contributed by atoms with Crippen molar-refractivity contribution in [1.82, 2.24) is 9.80 Å². The smallest absolute Gasteiger partial charge is 0.245 e. The first kappa shape index (κ1) is 25.8. The van der Waals surface area contributed by atoms with E-state index in [1.807, 2.05) is 72.7 Å². The molecule has 0 bridgehead atoms. The predicted octanol–water partition coefficient (Wildman–Crippen LogP) is 4.88. The van der Waals surface area contributed by atoms with E-state index in [0.717, 1.165) is 17.6 Å². The summed E-state index contributed by atoms with van der Waals surface area (Å²) in [6.07, 6.45) is 3.31. The lowest BCUT2D eigenvalue weighted by Crippen LogP contribution is -2.51. The van der Waals surface area contributed by atoms with Crippen LogP contribution in [0.25, 0.3) is 5.57 Å².